The number of nitrogens with one attached hydrogen (secondary N) is 1. The first kappa shape index (κ1) is 24.4. The quantitative estimate of drug-likeness (QED) is 0.218. The second-order valence-corrected chi connectivity index (χ2v) is 10.3. The average Bonchev–Trinajstić information content (AvgIpc) is 3.38. The van der Waals surface area contributed by atoms with Gasteiger partial charge in [0.2, 0.25) is 0 Å². The van der Waals surface area contributed by atoms with Gasteiger partial charge in [0.15, 0.2) is 0 Å². The standard InChI is InChI=1S/C31H32N4O2/c1-31(2,3)37-30(36)33-32-29(21-13-7-6-8-14-21)28(24-19-34(4)26-17-11-9-15-22(24)26)25-20-35(5)27-18-12-10-16-23(25)27/h6-20,28H,1-5H3,(H,33,36)/b32-29+. The Balaban J connectivity index is 1.77. The van der Waals surface area contributed by atoms with Crippen LogP contribution in [0.3, 0.4) is 0 Å². The molecule has 0 spiro atoms. The summed E-state index contributed by atoms with van der Waals surface area (Å²) in [6.07, 6.45) is 3.75. The van der Waals surface area contributed by atoms with Crippen LogP contribution in [0.5, 0.6) is 0 Å². The highest BCUT2D eigenvalue weighted by Crippen LogP contribution is 2.38. The maximum Gasteiger partial charge on any atom is 0.428 e. The molecule has 5 aromatic rings. The number of hydrogen-bond acceptors (Lipinski definition) is 3. The number of nitrogens with zero attached hydrogens (tertiary/aromatic N) is 3. The molecular formula is C31H32N4O2. The molecule has 2 aromatic heterocycles. The molecule has 0 fully saturated rings. The third-order valence-corrected chi connectivity index (χ3v) is 6.49. The molecule has 0 aliphatic rings. The molecule has 0 bridgehead atoms. The van der Waals surface area contributed by atoms with E-state index in [4.69, 9.17) is 9.84 Å². The Morgan fingerprint density at radius 2 is 1.27 bits per heavy atom. The smallest absolute Gasteiger partial charge is 0.428 e. The van der Waals surface area contributed by atoms with E-state index in [0.717, 1.165) is 44.2 Å². The van der Waals surface area contributed by atoms with E-state index in [1.165, 1.54) is 0 Å². The highest BCUT2D eigenvalue weighted by atomic mass is 16.6. The zero-order valence-electron chi connectivity index (χ0n) is 21.9. The molecule has 0 aliphatic heterocycles. The monoisotopic (exact) mass is 492 g/mol. The Morgan fingerprint density at radius 3 is 1.78 bits per heavy atom. The van der Waals surface area contributed by atoms with E-state index in [-0.39, 0.29) is 5.92 Å². The van der Waals surface area contributed by atoms with Crippen molar-refractivity contribution in [3.63, 3.8) is 0 Å². The first-order valence-electron chi connectivity index (χ1n) is 12.4. The third kappa shape index (κ3) is 4.87. The fraction of sp³-hybridized carbons (Fsp3) is 0.226. The van der Waals surface area contributed by atoms with Gasteiger partial charge >= 0.3 is 6.09 Å². The zero-order valence-corrected chi connectivity index (χ0v) is 21.9. The minimum atomic E-state index is -0.628. The van der Waals surface area contributed by atoms with Crippen molar-refractivity contribution in [3.05, 3.63) is 108 Å². The van der Waals surface area contributed by atoms with Gasteiger partial charge in [-0.2, -0.15) is 5.10 Å². The average molecular weight is 493 g/mol. The topological polar surface area (TPSA) is 60.6 Å². The summed E-state index contributed by atoms with van der Waals surface area (Å²) in [4.78, 5) is 12.7. The number of fused-ring (bicyclic) bond motifs is 2. The summed E-state index contributed by atoms with van der Waals surface area (Å²) in [6.45, 7) is 5.51. The van der Waals surface area contributed by atoms with Crippen molar-refractivity contribution in [1.29, 1.82) is 0 Å². The predicted molar refractivity (Wildman–Crippen MR) is 150 cm³/mol. The number of aryl methyl sites for hydroxylation is 2. The van der Waals surface area contributed by atoms with Gasteiger partial charge in [0.25, 0.3) is 0 Å². The van der Waals surface area contributed by atoms with Crippen LogP contribution in [0.15, 0.2) is 96.4 Å². The minimum Gasteiger partial charge on any atom is -0.443 e. The normalized spacial score (nSPS) is 12.4. The maximum atomic E-state index is 12.7. The molecule has 1 N–H and O–H groups in total. The van der Waals surface area contributed by atoms with Gasteiger partial charge in [-0.15, -0.1) is 0 Å². The van der Waals surface area contributed by atoms with Crippen molar-refractivity contribution in [3.8, 4) is 0 Å². The number of para-hydroxylation sites is 2. The second-order valence-electron chi connectivity index (χ2n) is 10.3. The number of hydrazone groups is 1. The Hall–Kier alpha value is -4.32. The Labute approximate surface area is 217 Å². The van der Waals surface area contributed by atoms with Gasteiger partial charge in [-0.1, -0.05) is 66.7 Å². The zero-order chi connectivity index (χ0) is 26.2. The molecular weight excluding hydrogens is 460 g/mol. The van der Waals surface area contributed by atoms with Crippen LogP contribution in [0, 0.1) is 0 Å². The van der Waals surface area contributed by atoms with E-state index >= 15 is 0 Å². The van der Waals surface area contributed by atoms with Crippen molar-refractivity contribution < 1.29 is 9.53 Å². The molecule has 1 amide bonds. The van der Waals surface area contributed by atoms with Gasteiger partial charge in [0.1, 0.15) is 5.60 Å². The SMILES string of the molecule is Cn1cc(C(/C(=N/NC(=O)OC(C)(C)C)c2ccccc2)c2cn(C)c3ccccc23)c2ccccc21. The fourth-order valence-corrected chi connectivity index (χ4v) is 4.98. The van der Waals surface area contributed by atoms with Crippen LogP contribution in [-0.2, 0) is 18.8 Å². The summed E-state index contributed by atoms with van der Waals surface area (Å²) in [5, 5.41) is 7.02. The molecule has 3 aromatic carbocycles. The van der Waals surface area contributed by atoms with E-state index in [0.29, 0.717) is 0 Å². The molecule has 0 unspecified atom stereocenters. The number of carbonyl (C=O) groups excluding carboxylic acids is 1. The van der Waals surface area contributed by atoms with Crippen LogP contribution in [0.2, 0.25) is 0 Å². The molecule has 5 rings (SSSR count). The molecule has 0 aliphatic carbocycles. The van der Waals surface area contributed by atoms with Crippen LogP contribution in [0.1, 0.15) is 43.4 Å². The minimum absolute atomic E-state index is 0.255. The van der Waals surface area contributed by atoms with Crippen molar-refractivity contribution in [1.82, 2.24) is 14.6 Å². The lowest BCUT2D eigenvalue weighted by Crippen LogP contribution is -2.31. The van der Waals surface area contributed by atoms with Gasteiger partial charge in [-0.25, -0.2) is 10.2 Å². The molecule has 0 atom stereocenters. The first-order valence-corrected chi connectivity index (χ1v) is 12.4. The number of aromatic nitrogens is 2. The molecule has 37 heavy (non-hydrogen) atoms. The summed E-state index contributed by atoms with van der Waals surface area (Å²) >= 11 is 0. The molecule has 188 valence electrons. The second kappa shape index (κ2) is 9.62. The molecule has 0 saturated heterocycles. The lowest BCUT2D eigenvalue weighted by atomic mass is 9.84. The van der Waals surface area contributed by atoms with Crippen LogP contribution in [-0.4, -0.2) is 26.5 Å². The molecule has 6 nitrogen and oxygen atoms in total. The largest absolute Gasteiger partial charge is 0.443 e. The van der Waals surface area contributed by atoms with Gasteiger partial charge < -0.3 is 13.9 Å². The van der Waals surface area contributed by atoms with E-state index in [1.54, 1.807) is 0 Å². The summed E-state index contributed by atoms with van der Waals surface area (Å²) < 4.78 is 9.79. The number of carbonyl (C=O) groups is 1. The number of hydrogen-bond donors (Lipinski definition) is 1. The lowest BCUT2D eigenvalue weighted by molar-refractivity contribution is 0.0529. The molecule has 6 heteroatoms. The van der Waals surface area contributed by atoms with Gasteiger partial charge in [0.05, 0.1) is 11.6 Å². The van der Waals surface area contributed by atoms with Crippen LogP contribution < -0.4 is 5.43 Å². The van der Waals surface area contributed by atoms with Gasteiger partial charge in [-0.05, 0) is 49.6 Å². The summed E-state index contributed by atoms with van der Waals surface area (Å²) in [5.41, 5.74) is 8.21. The highest BCUT2D eigenvalue weighted by Gasteiger charge is 2.29. The fourth-order valence-electron chi connectivity index (χ4n) is 4.98. The van der Waals surface area contributed by atoms with Gasteiger partial charge in [0, 0.05) is 48.3 Å². The molecule has 2 heterocycles. The summed E-state index contributed by atoms with van der Waals surface area (Å²) in [7, 11) is 4.12. The highest BCUT2D eigenvalue weighted by molar-refractivity contribution is 6.11. The van der Waals surface area contributed by atoms with Crippen molar-refractivity contribution in [2.45, 2.75) is 32.3 Å². The van der Waals surface area contributed by atoms with E-state index in [1.807, 2.05) is 51.1 Å². The van der Waals surface area contributed by atoms with Crippen LogP contribution >= 0.6 is 0 Å². The van der Waals surface area contributed by atoms with E-state index in [2.05, 4.69) is 89.6 Å². The number of benzene rings is 3. The summed E-state index contributed by atoms with van der Waals surface area (Å²) in [5.74, 6) is -0.255. The molecule has 0 saturated carbocycles. The Morgan fingerprint density at radius 1 is 0.784 bits per heavy atom. The predicted octanol–water partition coefficient (Wildman–Crippen LogP) is 6.73. The number of amides is 1. The van der Waals surface area contributed by atoms with Crippen LogP contribution in [0.25, 0.3) is 21.8 Å². The van der Waals surface area contributed by atoms with Gasteiger partial charge in [-0.3, -0.25) is 0 Å². The van der Waals surface area contributed by atoms with E-state index in [9.17, 15) is 4.79 Å². The van der Waals surface area contributed by atoms with Crippen molar-refractivity contribution in [2.24, 2.45) is 19.2 Å². The Kier molecular flexibility index (Phi) is 6.34. The third-order valence-electron chi connectivity index (χ3n) is 6.49. The van der Waals surface area contributed by atoms with Crippen LogP contribution in [0.4, 0.5) is 4.79 Å². The number of ether oxygens (including phenoxy) is 1. The Bertz CT molecular complexity index is 1520. The van der Waals surface area contributed by atoms with Crippen molar-refractivity contribution >= 4 is 33.6 Å². The molecule has 0 radical (unpaired) electrons. The first-order chi connectivity index (χ1) is 17.7. The summed E-state index contributed by atoms with van der Waals surface area (Å²) in [6, 6.07) is 26.8. The lowest BCUT2D eigenvalue weighted by Gasteiger charge is -2.21. The maximum absolute atomic E-state index is 12.7. The van der Waals surface area contributed by atoms with Crippen molar-refractivity contribution in [2.75, 3.05) is 0 Å². The van der Waals surface area contributed by atoms with E-state index < -0.39 is 11.7 Å². The number of rotatable bonds is 5.